The largest absolute Gasteiger partial charge is 0.311 e. The lowest BCUT2D eigenvalue weighted by molar-refractivity contribution is 0.0859. The molecule has 2 rings (SSSR count). The number of rotatable bonds is 6. The predicted molar refractivity (Wildman–Crippen MR) is 91.0 cm³/mol. The van der Waals surface area contributed by atoms with Crippen LogP contribution in [0.4, 0.5) is 0 Å². The highest BCUT2D eigenvalue weighted by molar-refractivity contribution is 7.84. The van der Waals surface area contributed by atoms with Crippen LogP contribution in [-0.2, 0) is 10.8 Å². The molecule has 1 aromatic carbocycles. The quantitative estimate of drug-likeness (QED) is 0.876. The van der Waals surface area contributed by atoms with Gasteiger partial charge in [-0.1, -0.05) is 37.3 Å². The van der Waals surface area contributed by atoms with Crippen molar-refractivity contribution in [2.24, 2.45) is 0 Å². The topological polar surface area (TPSA) is 32.3 Å². The maximum Gasteiger partial charge on any atom is 0.0476 e. The van der Waals surface area contributed by atoms with Crippen molar-refractivity contribution in [3.8, 4) is 0 Å². The number of hydrogen-bond acceptors (Lipinski definition) is 3. The Morgan fingerprint density at radius 2 is 2.10 bits per heavy atom. The SMILES string of the molecule is CCC1CN(C(C)CCS(C)=O)C(c2ccccc2)CN1. The maximum absolute atomic E-state index is 11.4. The Morgan fingerprint density at radius 3 is 2.71 bits per heavy atom. The molecule has 1 aromatic rings. The summed E-state index contributed by atoms with van der Waals surface area (Å²) in [4.78, 5) is 2.60. The molecule has 1 aliphatic heterocycles. The molecule has 0 aromatic heterocycles. The Kier molecular flexibility index (Phi) is 6.40. The zero-order chi connectivity index (χ0) is 15.2. The Labute approximate surface area is 131 Å². The van der Waals surface area contributed by atoms with Crippen LogP contribution in [-0.4, -0.2) is 46.3 Å². The van der Waals surface area contributed by atoms with Gasteiger partial charge < -0.3 is 5.32 Å². The summed E-state index contributed by atoms with van der Waals surface area (Å²) in [5.74, 6) is 0.795. The molecule has 1 fully saturated rings. The molecule has 1 N–H and O–H groups in total. The van der Waals surface area contributed by atoms with Gasteiger partial charge in [-0.2, -0.15) is 0 Å². The molecule has 0 amide bonds. The van der Waals surface area contributed by atoms with Crippen LogP contribution >= 0.6 is 0 Å². The van der Waals surface area contributed by atoms with E-state index < -0.39 is 10.8 Å². The van der Waals surface area contributed by atoms with E-state index in [9.17, 15) is 4.21 Å². The molecule has 1 aliphatic rings. The van der Waals surface area contributed by atoms with Gasteiger partial charge in [0, 0.05) is 54.0 Å². The van der Waals surface area contributed by atoms with Crippen molar-refractivity contribution < 1.29 is 4.21 Å². The van der Waals surface area contributed by atoms with E-state index in [4.69, 9.17) is 0 Å². The van der Waals surface area contributed by atoms with Gasteiger partial charge in [-0.05, 0) is 25.3 Å². The average molecular weight is 308 g/mol. The van der Waals surface area contributed by atoms with Crippen molar-refractivity contribution in [2.45, 2.75) is 44.8 Å². The van der Waals surface area contributed by atoms with Gasteiger partial charge in [0.05, 0.1) is 0 Å². The zero-order valence-electron chi connectivity index (χ0n) is 13.4. The Hall–Kier alpha value is -0.710. The normalized spacial score (nSPS) is 26.4. The van der Waals surface area contributed by atoms with Crippen LogP contribution in [0.25, 0.3) is 0 Å². The van der Waals surface area contributed by atoms with Crippen LogP contribution in [0.15, 0.2) is 30.3 Å². The summed E-state index contributed by atoms with van der Waals surface area (Å²) in [7, 11) is -0.699. The summed E-state index contributed by atoms with van der Waals surface area (Å²) < 4.78 is 11.4. The number of hydrogen-bond donors (Lipinski definition) is 1. The monoisotopic (exact) mass is 308 g/mol. The highest BCUT2D eigenvalue weighted by Gasteiger charge is 2.31. The molecule has 4 atom stereocenters. The van der Waals surface area contributed by atoms with Crippen molar-refractivity contribution in [1.82, 2.24) is 10.2 Å². The van der Waals surface area contributed by atoms with Crippen molar-refractivity contribution in [3.05, 3.63) is 35.9 Å². The standard InChI is InChI=1S/C17H28N2OS/c1-4-16-13-19(14(2)10-11-21(3)20)17(12-18-16)15-8-6-5-7-9-15/h5-9,14,16-18H,4,10-13H2,1-3H3. The summed E-state index contributed by atoms with van der Waals surface area (Å²) in [6.07, 6.45) is 3.96. The van der Waals surface area contributed by atoms with Crippen molar-refractivity contribution in [2.75, 3.05) is 25.1 Å². The van der Waals surface area contributed by atoms with Crippen molar-refractivity contribution in [1.29, 1.82) is 0 Å². The molecule has 0 spiro atoms. The lowest BCUT2D eigenvalue weighted by Gasteiger charge is -2.44. The van der Waals surface area contributed by atoms with Gasteiger partial charge in [-0.3, -0.25) is 9.11 Å². The fourth-order valence-electron chi connectivity index (χ4n) is 3.09. The Bertz CT molecular complexity index is 451. The number of nitrogens with one attached hydrogen (secondary N) is 1. The van der Waals surface area contributed by atoms with Gasteiger partial charge in [0.25, 0.3) is 0 Å². The summed E-state index contributed by atoms with van der Waals surface area (Å²) in [5.41, 5.74) is 1.38. The van der Waals surface area contributed by atoms with E-state index in [1.807, 2.05) is 0 Å². The molecule has 0 saturated carbocycles. The summed E-state index contributed by atoms with van der Waals surface area (Å²) in [6.45, 7) is 6.60. The molecule has 0 radical (unpaired) electrons. The molecule has 1 heterocycles. The summed E-state index contributed by atoms with van der Waals surface area (Å²) in [6, 6.07) is 12.2. The predicted octanol–water partition coefficient (Wildman–Crippen LogP) is 2.57. The molecule has 118 valence electrons. The summed E-state index contributed by atoms with van der Waals surface area (Å²) in [5, 5.41) is 3.67. The number of nitrogens with zero attached hydrogens (tertiary/aromatic N) is 1. The van der Waals surface area contributed by atoms with Crippen LogP contribution in [0, 0.1) is 0 Å². The first-order valence-corrected chi connectivity index (χ1v) is 9.68. The molecule has 0 aliphatic carbocycles. The molecular formula is C17H28N2OS. The maximum atomic E-state index is 11.4. The minimum atomic E-state index is -0.699. The highest BCUT2D eigenvalue weighted by atomic mass is 32.2. The van der Waals surface area contributed by atoms with E-state index in [2.05, 4.69) is 54.4 Å². The molecule has 4 heteroatoms. The number of piperazine rings is 1. The van der Waals surface area contributed by atoms with Gasteiger partial charge in [0.15, 0.2) is 0 Å². The third-order valence-electron chi connectivity index (χ3n) is 4.50. The van der Waals surface area contributed by atoms with Crippen molar-refractivity contribution >= 4 is 10.8 Å². The van der Waals surface area contributed by atoms with Crippen LogP contribution in [0.2, 0.25) is 0 Å². The third kappa shape index (κ3) is 4.63. The first-order chi connectivity index (χ1) is 10.1. The fourth-order valence-corrected chi connectivity index (χ4v) is 3.76. The average Bonchev–Trinajstić information content (AvgIpc) is 2.52. The Balaban J connectivity index is 2.11. The molecular weight excluding hydrogens is 280 g/mol. The van der Waals surface area contributed by atoms with Gasteiger partial charge in [0.2, 0.25) is 0 Å². The van der Waals surface area contributed by atoms with Crippen LogP contribution in [0.1, 0.15) is 38.3 Å². The van der Waals surface area contributed by atoms with Gasteiger partial charge >= 0.3 is 0 Å². The number of benzene rings is 1. The molecule has 21 heavy (non-hydrogen) atoms. The Morgan fingerprint density at radius 1 is 1.38 bits per heavy atom. The van der Waals surface area contributed by atoms with E-state index in [0.29, 0.717) is 18.1 Å². The minimum Gasteiger partial charge on any atom is -0.311 e. The fraction of sp³-hybridized carbons (Fsp3) is 0.647. The smallest absolute Gasteiger partial charge is 0.0476 e. The van der Waals surface area contributed by atoms with Crippen molar-refractivity contribution in [3.63, 3.8) is 0 Å². The molecule has 3 nitrogen and oxygen atoms in total. The molecule has 1 saturated heterocycles. The second-order valence-corrected chi connectivity index (χ2v) is 7.61. The molecule has 0 bridgehead atoms. The van der Waals surface area contributed by atoms with E-state index >= 15 is 0 Å². The van der Waals surface area contributed by atoms with Crippen LogP contribution in [0.5, 0.6) is 0 Å². The van der Waals surface area contributed by atoms with Gasteiger partial charge in [-0.15, -0.1) is 0 Å². The van der Waals surface area contributed by atoms with Crippen LogP contribution in [0.3, 0.4) is 0 Å². The van der Waals surface area contributed by atoms with E-state index in [1.165, 1.54) is 5.56 Å². The van der Waals surface area contributed by atoms with Gasteiger partial charge in [-0.25, -0.2) is 0 Å². The first-order valence-electron chi connectivity index (χ1n) is 7.96. The highest BCUT2D eigenvalue weighted by Crippen LogP contribution is 2.27. The second-order valence-electron chi connectivity index (χ2n) is 6.05. The summed E-state index contributed by atoms with van der Waals surface area (Å²) >= 11 is 0. The lowest BCUT2D eigenvalue weighted by atomic mass is 9.97. The molecule has 4 unspecified atom stereocenters. The second kappa shape index (κ2) is 8.06. The third-order valence-corrected chi connectivity index (χ3v) is 5.31. The lowest BCUT2D eigenvalue weighted by Crippen LogP contribution is -2.54. The van der Waals surface area contributed by atoms with E-state index in [1.54, 1.807) is 6.26 Å². The minimum absolute atomic E-state index is 0.425. The van der Waals surface area contributed by atoms with Crippen LogP contribution < -0.4 is 5.32 Å². The first kappa shape index (κ1) is 16.7. The van der Waals surface area contributed by atoms with E-state index in [0.717, 1.165) is 31.7 Å². The van der Waals surface area contributed by atoms with Gasteiger partial charge in [0.1, 0.15) is 0 Å². The zero-order valence-corrected chi connectivity index (χ0v) is 14.2. The van der Waals surface area contributed by atoms with E-state index in [-0.39, 0.29) is 0 Å².